The number of rotatable bonds is 1. The summed E-state index contributed by atoms with van der Waals surface area (Å²) in [7, 11) is 0. The van der Waals surface area contributed by atoms with Crippen LogP contribution in [0.15, 0.2) is 41.8 Å². The van der Waals surface area contributed by atoms with Crippen LogP contribution in [0.4, 0.5) is 0 Å². The molecule has 0 atom stereocenters. The van der Waals surface area contributed by atoms with E-state index in [1.165, 1.54) is 20.1 Å². The second-order valence-electron chi connectivity index (χ2n) is 3.59. The van der Waals surface area contributed by atoms with Gasteiger partial charge in [-0.1, -0.05) is 38.9 Å². The summed E-state index contributed by atoms with van der Waals surface area (Å²) in [5, 5.41) is 11.3. The highest BCUT2D eigenvalue weighted by molar-refractivity contribution is 5.89. The molecule has 23 heavy (non-hydrogen) atoms. The number of oxime groups is 1. The molecule has 1 N–H and O–H groups in total. The van der Waals surface area contributed by atoms with Crippen LogP contribution < -0.4 is 0 Å². The third-order valence-electron chi connectivity index (χ3n) is 2.08. The van der Waals surface area contributed by atoms with E-state index in [-0.39, 0.29) is 0 Å². The molecule has 0 aliphatic heterocycles. The van der Waals surface area contributed by atoms with Crippen molar-refractivity contribution in [1.29, 1.82) is 0 Å². The zero-order chi connectivity index (χ0) is 18.3. The molecule has 0 unspecified atom stereocenters. The molecule has 0 aromatic carbocycles. The molecule has 2 heterocycles. The van der Waals surface area contributed by atoms with Crippen LogP contribution in [0.2, 0.25) is 0 Å². The van der Waals surface area contributed by atoms with Crippen LogP contribution >= 0.6 is 0 Å². The lowest BCUT2D eigenvalue weighted by Gasteiger charge is -1.92. The zero-order valence-corrected chi connectivity index (χ0v) is 14.6. The highest BCUT2D eigenvalue weighted by atomic mass is 16.6. The molecule has 0 spiro atoms. The Morgan fingerprint density at radius 2 is 1.61 bits per heavy atom. The van der Waals surface area contributed by atoms with E-state index in [1.807, 2.05) is 68.8 Å². The number of carbonyl (C=O) groups is 2. The lowest BCUT2D eigenvalue weighted by atomic mass is 10.3. The fourth-order valence-electron chi connectivity index (χ4n) is 1.45. The molecule has 0 bridgehead atoms. The number of hydrogen-bond donors (Lipinski definition) is 1. The zero-order valence-electron chi connectivity index (χ0n) is 14.6. The fourth-order valence-corrected chi connectivity index (χ4v) is 1.45. The van der Waals surface area contributed by atoms with E-state index < -0.39 is 11.9 Å². The molecule has 0 fully saturated rings. The van der Waals surface area contributed by atoms with E-state index in [0.29, 0.717) is 0 Å². The van der Waals surface area contributed by atoms with Crippen LogP contribution in [0.3, 0.4) is 0 Å². The van der Waals surface area contributed by atoms with Crippen LogP contribution in [-0.4, -0.2) is 27.8 Å². The number of carbonyl (C=O) groups excluding carboxylic acids is 2. The van der Waals surface area contributed by atoms with Crippen LogP contribution in [0, 0.1) is 0 Å². The smallest absolute Gasteiger partial charge is 0.310 e. The molecule has 0 aliphatic rings. The maximum Gasteiger partial charge on any atom is 0.310 e. The summed E-state index contributed by atoms with van der Waals surface area (Å²) in [5.74, 6) is -1.12. The number of nitrogens with zero attached hydrogens (tertiary/aromatic N) is 2. The third-order valence-corrected chi connectivity index (χ3v) is 2.08. The van der Waals surface area contributed by atoms with Crippen LogP contribution in [0.25, 0.3) is 5.52 Å². The van der Waals surface area contributed by atoms with Crippen molar-refractivity contribution in [2.24, 2.45) is 5.16 Å². The highest BCUT2D eigenvalue weighted by Crippen LogP contribution is 2.09. The number of aromatic nitrogens is 1. The Bertz CT molecular complexity index is 591. The standard InChI is InChI=1S/C9H8N2O.C4H6O3.2C2H6/c12-10-7-8-4-6-11-5-2-1-3-9(8)11;1-3(5)7-4(2)6;2*1-2/h1-7,12H;1-2H3;2*1-2H3/b10-7-;;;. The first-order chi connectivity index (χ1) is 11.0. The van der Waals surface area contributed by atoms with E-state index in [4.69, 9.17) is 5.21 Å². The van der Waals surface area contributed by atoms with Gasteiger partial charge in [0.25, 0.3) is 0 Å². The summed E-state index contributed by atoms with van der Waals surface area (Å²) >= 11 is 0. The second kappa shape index (κ2) is 14.3. The van der Waals surface area contributed by atoms with Gasteiger partial charge in [0.15, 0.2) is 0 Å². The third kappa shape index (κ3) is 9.84. The molecule has 6 heteroatoms. The van der Waals surface area contributed by atoms with E-state index in [1.54, 1.807) is 0 Å². The molecule has 2 aromatic heterocycles. The average Bonchev–Trinajstić information content (AvgIpc) is 2.94. The van der Waals surface area contributed by atoms with Crippen molar-refractivity contribution in [1.82, 2.24) is 4.40 Å². The van der Waals surface area contributed by atoms with Crippen molar-refractivity contribution >= 4 is 23.7 Å². The van der Waals surface area contributed by atoms with Gasteiger partial charge in [-0.2, -0.15) is 0 Å². The molecule has 6 nitrogen and oxygen atoms in total. The predicted octanol–water partition coefficient (Wildman–Crippen LogP) is 3.90. The average molecular weight is 322 g/mol. The van der Waals surface area contributed by atoms with Gasteiger partial charge < -0.3 is 14.3 Å². The summed E-state index contributed by atoms with van der Waals surface area (Å²) in [6.45, 7) is 10.4. The quantitative estimate of drug-likeness (QED) is 0.284. The SMILES string of the molecule is CC.CC.CC(=O)OC(C)=O.O/N=C\c1ccn2ccccc12. The van der Waals surface area contributed by atoms with Crippen molar-refractivity contribution in [3.8, 4) is 0 Å². The van der Waals surface area contributed by atoms with Gasteiger partial charge in [0.05, 0.1) is 11.7 Å². The largest absolute Gasteiger partial charge is 0.411 e. The minimum atomic E-state index is -0.562. The Kier molecular flexibility index (Phi) is 14.1. The number of hydrogen-bond acceptors (Lipinski definition) is 5. The van der Waals surface area contributed by atoms with Crippen molar-refractivity contribution in [3.05, 3.63) is 42.2 Å². The maximum absolute atomic E-state index is 9.81. The normalized spacial score (nSPS) is 8.78. The minimum Gasteiger partial charge on any atom is -0.411 e. The van der Waals surface area contributed by atoms with Crippen LogP contribution in [-0.2, 0) is 14.3 Å². The first kappa shape index (κ1) is 22.6. The minimum absolute atomic E-state index is 0.562. The Hall–Kier alpha value is -2.63. The molecule has 0 aliphatic carbocycles. The summed E-state index contributed by atoms with van der Waals surface area (Å²) in [4.78, 5) is 19.6. The summed E-state index contributed by atoms with van der Waals surface area (Å²) in [6.07, 6.45) is 5.30. The van der Waals surface area contributed by atoms with Gasteiger partial charge in [-0.3, -0.25) is 9.59 Å². The Labute approximate surface area is 137 Å². The fraction of sp³-hybridized carbons (Fsp3) is 0.353. The van der Waals surface area contributed by atoms with E-state index in [0.717, 1.165) is 11.1 Å². The Morgan fingerprint density at radius 3 is 2.04 bits per heavy atom. The molecule has 128 valence electrons. The lowest BCUT2D eigenvalue weighted by Crippen LogP contribution is -2.03. The van der Waals surface area contributed by atoms with Gasteiger partial charge in [0.1, 0.15) is 0 Å². The summed E-state index contributed by atoms with van der Waals surface area (Å²) < 4.78 is 5.94. The van der Waals surface area contributed by atoms with E-state index in [9.17, 15) is 9.59 Å². The highest BCUT2D eigenvalue weighted by Gasteiger charge is 1.96. The van der Waals surface area contributed by atoms with Gasteiger partial charge >= 0.3 is 11.9 Å². The molecule has 0 saturated heterocycles. The predicted molar refractivity (Wildman–Crippen MR) is 91.9 cm³/mol. The van der Waals surface area contributed by atoms with Gasteiger partial charge in [0.2, 0.25) is 0 Å². The summed E-state index contributed by atoms with van der Waals surface area (Å²) in [5.41, 5.74) is 1.95. The second-order valence-corrected chi connectivity index (χ2v) is 3.59. The van der Waals surface area contributed by atoms with E-state index in [2.05, 4.69) is 9.89 Å². The number of ether oxygens (including phenoxy) is 1. The monoisotopic (exact) mass is 322 g/mol. The topological polar surface area (TPSA) is 80.4 Å². The molecular weight excluding hydrogens is 296 g/mol. The first-order valence-electron chi connectivity index (χ1n) is 7.46. The molecule has 0 amide bonds. The van der Waals surface area contributed by atoms with Gasteiger partial charge in [-0.05, 0) is 18.2 Å². The molecule has 2 aromatic rings. The molecular formula is C17H26N2O4. The first-order valence-corrected chi connectivity index (χ1v) is 7.46. The van der Waals surface area contributed by atoms with Crippen molar-refractivity contribution in [3.63, 3.8) is 0 Å². The van der Waals surface area contributed by atoms with Crippen molar-refractivity contribution < 1.29 is 19.5 Å². The van der Waals surface area contributed by atoms with Gasteiger partial charge in [-0.15, -0.1) is 0 Å². The van der Waals surface area contributed by atoms with Crippen molar-refractivity contribution in [2.75, 3.05) is 0 Å². The lowest BCUT2D eigenvalue weighted by molar-refractivity contribution is -0.156. The molecule has 0 saturated carbocycles. The number of esters is 2. The molecule has 0 radical (unpaired) electrons. The molecule has 2 rings (SSSR count). The van der Waals surface area contributed by atoms with Crippen molar-refractivity contribution in [2.45, 2.75) is 41.5 Å². The Balaban J connectivity index is 0. The number of fused-ring (bicyclic) bond motifs is 1. The number of pyridine rings is 1. The van der Waals surface area contributed by atoms with Gasteiger partial charge in [0, 0.05) is 31.8 Å². The van der Waals surface area contributed by atoms with Crippen LogP contribution in [0.1, 0.15) is 47.1 Å². The maximum atomic E-state index is 9.81. The van der Waals surface area contributed by atoms with Crippen LogP contribution in [0.5, 0.6) is 0 Å². The summed E-state index contributed by atoms with van der Waals surface area (Å²) in [6, 6.07) is 7.77. The van der Waals surface area contributed by atoms with Gasteiger partial charge in [-0.25, -0.2) is 0 Å². The Morgan fingerprint density at radius 1 is 1.04 bits per heavy atom. The van der Waals surface area contributed by atoms with E-state index >= 15 is 0 Å².